The minimum Gasteiger partial charge on any atom is -0.481 e. The van der Waals surface area contributed by atoms with Crippen LogP contribution in [0.3, 0.4) is 0 Å². The molecule has 17 heavy (non-hydrogen) atoms. The zero-order valence-electron chi connectivity index (χ0n) is 10.9. The predicted molar refractivity (Wildman–Crippen MR) is 70.6 cm³/mol. The van der Waals surface area contributed by atoms with E-state index in [1.54, 1.807) is 11.8 Å². The van der Waals surface area contributed by atoms with Gasteiger partial charge in [-0.15, -0.1) is 0 Å². The van der Waals surface area contributed by atoms with Gasteiger partial charge in [-0.2, -0.15) is 11.8 Å². The molecule has 0 aromatic carbocycles. The molecule has 1 aliphatic rings. The predicted octanol–water partition coefficient (Wildman–Crippen LogP) is 1.69. The molecule has 4 nitrogen and oxygen atoms in total. The Hall–Kier alpha value is -0.260. The summed E-state index contributed by atoms with van der Waals surface area (Å²) in [4.78, 5) is 13.0. The van der Waals surface area contributed by atoms with E-state index in [4.69, 9.17) is 9.84 Å². The highest BCUT2D eigenvalue weighted by atomic mass is 32.2. The Morgan fingerprint density at radius 1 is 1.53 bits per heavy atom. The van der Waals surface area contributed by atoms with Gasteiger partial charge in [0.05, 0.1) is 19.1 Å². The Balaban J connectivity index is 2.24. The summed E-state index contributed by atoms with van der Waals surface area (Å²) in [6.45, 7) is 9.11. The van der Waals surface area contributed by atoms with Gasteiger partial charge < -0.3 is 9.84 Å². The molecule has 1 N–H and O–H groups in total. The van der Waals surface area contributed by atoms with Crippen LogP contribution in [0.25, 0.3) is 0 Å². The lowest BCUT2D eigenvalue weighted by molar-refractivity contribution is -0.136. The van der Waals surface area contributed by atoms with Crippen molar-refractivity contribution in [3.05, 3.63) is 0 Å². The lowest BCUT2D eigenvalue weighted by Crippen LogP contribution is -2.46. The molecule has 0 amide bonds. The Bertz CT molecular complexity index is 248. The lowest BCUT2D eigenvalue weighted by atomic mass is 10.2. The molecule has 2 unspecified atom stereocenters. The van der Waals surface area contributed by atoms with Crippen LogP contribution in [0.5, 0.6) is 0 Å². The van der Waals surface area contributed by atoms with Crippen LogP contribution in [-0.4, -0.2) is 58.8 Å². The van der Waals surface area contributed by atoms with Gasteiger partial charge in [0.15, 0.2) is 0 Å². The first-order chi connectivity index (χ1) is 7.99. The summed E-state index contributed by atoms with van der Waals surface area (Å²) >= 11 is 1.69. The first kappa shape index (κ1) is 14.8. The Kier molecular flexibility index (Phi) is 6.30. The molecular weight excluding hydrogens is 238 g/mol. The maximum atomic E-state index is 10.5. The van der Waals surface area contributed by atoms with Gasteiger partial charge in [-0.25, -0.2) is 0 Å². The first-order valence-electron chi connectivity index (χ1n) is 6.18. The number of thioether (sulfide) groups is 1. The summed E-state index contributed by atoms with van der Waals surface area (Å²) in [5.41, 5.74) is 0. The number of nitrogens with zero attached hydrogens (tertiary/aromatic N) is 1. The van der Waals surface area contributed by atoms with E-state index in [0.29, 0.717) is 6.04 Å². The summed E-state index contributed by atoms with van der Waals surface area (Å²) in [5.74, 6) is 0.163. The first-order valence-corrected chi connectivity index (χ1v) is 7.23. The molecule has 1 fully saturated rings. The van der Waals surface area contributed by atoms with Gasteiger partial charge in [-0.3, -0.25) is 9.69 Å². The van der Waals surface area contributed by atoms with Crippen molar-refractivity contribution < 1.29 is 14.6 Å². The molecule has 0 aliphatic carbocycles. The van der Waals surface area contributed by atoms with Gasteiger partial charge in [0.25, 0.3) is 0 Å². The van der Waals surface area contributed by atoms with E-state index in [1.807, 2.05) is 6.92 Å². The van der Waals surface area contributed by atoms with E-state index >= 15 is 0 Å². The van der Waals surface area contributed by atoms with Gasteiger partial charge in [-0.1, -0.05) is 6.92 Å². The molecule has 0 radical (unpaired) electrons. The summed E-state index contributed by atoms with van der Waals surface area (Å²) in [7, 11) is 0. The van der Waals surface area contributed by atoms with Crippen molar-refractivity contribution in [3.63, 3.8) is 0 Å². The molecular formula is C12H23NO3S. The highest BCUT2D eigenvalue weighted by molar-refractivity contribution is 7.99. The molecule has 0 aromatic rings. The maximum Gasteiger partial charge on any atom is 0.304 e. The number of hydrogen-bond acceptors (Lipinski definition) is 4. The van der Waals surface area contributed by atoms with E-state index in [9.17, 15) is 4.79 Å². The van der Waals surface area contributed by atoms with Crippen LogP contribution < -0.4 is 0 Å². The van der Waals surface area contributed by atoms with Crippen LogP contribution in [0.2, 0.25) is 0 Å². The summed E-state index contributed by atoms with van der Waals surface area (Å²) in [6, 6.07) is 0.558. The normalized spacial score (nSPS) is 23.9. The van der Waals surface area contributed by atoms with Gasteiger partial charge in [-0.05, 0) is 13.8 Å². The highest BCUT2D eigenvalue weighted by Gasteiger charge is 2.22. The molecule has 5 heteroatoms. The second-order valence-corrected chi connectivity index (χ2v) is 6.29. The van der Waals surface area contributed by atoms with Gasteiger partial charge in [0, 0.05) is 30.1 Å². The van der Waals surface area contributed by atoms with E-state index in [-0.39, 0.29) is 17.8 Å². The van der Waals surface area contributed by atoms with Crippen LogP contribution >= 0.6 is 11.8 Å². The van der Waals surface area contributed by atoms with E-state index < -0.39 is 5.97 Å². The zero-order valence-corrected chi connectivity index (χ0v) is 11.7. The van der Waals surface area contributed by atoms with Crippen LogP contribution in [0, 0.1) is 0 Å². The van der Waals surface area contributed by atoms with E-state index in [1.165, 1.54) is 0 Å². The third-order valence-electron chi connectivity index (χ3n) is 2.93. The minimum absolute atomic E-state index is 0.158. The SMILES string of the molecule is CC(CC(=O)O)SCC1CN(C(C)C)CCO1. The summed E-state index contributed by atoms with van der Waals surface area (Å²) < 4.78 is 5.70. The van der Waals surface area contributed by atoms with E-state index in [0.717, 1.165) is 25.4 Å². The number of rotatable bonds is 6. The highest BCUT2D eigenvalue weighted by Crippen LogP contribution is 2.19. The van der Waals surface area contributed by atoms with E-state index in [2.05, 4.69) is 18.7 Å². The molecule has 1 heterocycles. The van der Waals surface area contributed by atoms with Crippen molar-refractivity contribution in [1.29, 1.82) is 0 Å². The average Bonchev–Trinajstić information content (AvgIpc) is 2.26. The van der Waals surface area contributed by atoms with Crippen molar-refractivity contribution in [2.24, 2.45) is 0 Å². The Labute approximate surface area is 108 Å². The summed E-state index contributed by atoms with van der Waals surface area (Å²) in [5, 5.41) is 8.84. The third kappa shape index (κ3) is 5.75. The van der Waals surface area contributed by atoms with Crippen LogP contribution in [0.1, 0.15) is 27.2 Å². The fourth-order valence-electron chi connectivity index (χ4n) is 1.89. The Morgan fingerprint density at radius 3 is 2.82 bits per heavy atom. The zero-order chi connectivity index (χ0) is 12.8. The number of aliphatic carboxylic acids is 1. The largest absolute Gasteiger partial charge is 0.481 e. The standard InChI is InChI=1S/C12H23NO3S/c1-9(2)13-4-5-16-11(7-13)8-17-10(3)6-12(14)15/h9-11H,4-8H2,1-3H3,(H,14,15). The summed E-state index contributed by atoms with van der Waals surface area (Å²) in [6.07, 6.45) is 0.470. The number of carboxylic acids is 1. The minimum atomic E-state index is -0.724. The van der Waals surface area contributed by atoms with Gasteiger partial charge >= 0.3 is 5.97 Å². The van der Waals surface area contributed by atoms with Gasteiger partial charge in [0.1, 0.15) is 0 Å². The van der Waals surface area contributed by atoms with Crippen molar-refractivity contribution in [3.8, 4) is 0 Å². The van der Waals surface area contributed by atoms with Gasteiger partial charge in [0.2, 0.25) is 0 Å². The van der Waals surface area contributed by atoms with Crippen molar-refractivity contribution in [2.45, 2.75) is 44.6 Å². The quantitative estimate of drug-likeness (QED) is 0.788. The Morgan fingerprint density at radius 2 is 2.24 bits per heavy atom. The molecule has 100 valence electrons. The number of morpholine rings is 1. The van der Waals surface area contributed by atoms with Crippen LogP contribution in [0.15, 0.2) is 0 Å². The molecule has 1 aliphatic heterocycles. The lowest BCUT2D eigenvalue weighted by Gasteiger charge is -2.35. The van der Waals surface area contributed by atoms with Crippen molar-refractivity contribution in [1.82, 2.24) is 4.90 Å². The molecule has 1 rings (SSSR count). The second-order valence-electron chi connectivity index (χ2n) is 4.82. The molecule has 0 saturated carbocycles. The molecule has 0 aromatic heterocycles. The molecule has 2 atom stereocenters. The smallest absolute Gasteiger partial charge is 0.304 e. The van der Waals surface area contributed by atoms with Crippen molar-refractivity contribution >= 4 is 17.7 Å². The molecule has 0 bridgehead atoms. The second kappa shape index (κ2) is 7.24. The average molecular weight is 261 g/mol. The van der Waals surface area contributed by atoms with Crippen molar-refractivity contribution in [2.75, 3.05) is 25.4 Å². The molecule has 1 saturated heterocycles. The number of hydrogen-bond donors (Lipinski definition) is 1. The van der Waals surface area contributed by atoms with Crippen LogP contribution in [-0.2, 0) is 9.53 Å². The number of carboxylic acid groups (broad SMARTS) is 1. The maximum absolute atomic E-state index is 10.5. The topological polar surface area (TPSA) is 49.8 Å². The van der Waals surface area contributed by atoms with Crippen LogP contribution in [0.4, 0.5) is 0 Å². The number of carbonyl (C=O) groups is 1. The fraction of sp³-hybridized carbons (Fsp3) is 0.917. The number of ether oxygens (including phenoxy) is 1. The monoisotopic (exact) mass is 261 g/mol. The molecule has 0 spiro atoms. The fourth-order valence-corrected chi connectivity index (χ4v) is 2.89. The third-order valence-corrected chi connectivity index (χ3v) is 4.23.